The van der Waals surface area contributed by atoms with Crippen molar-refractivity contribution in [3.05, 3.63) is 18.5 Å². The van der Waals surface area contributed by atoms with Gasteiger partial charge in [0.15, 0.2) is 0 Å². The van der Waals surface area contributed by atoms with Gasteiger partial charge in [-0.3, -0.25) is 4.79 Å². The Bertz CT molecular complexity index is 489. The molecule has 1 aromatic rings. The standard InChI is InChI=1S/C17H26N4O/c1-2-5-14-11-21(17-18-8-4-9-19-17)12-15(14)20-16(22)10-13-6-3-7-13/h4,8-9,13-15H,2-3,5-7,10-12H2,1H3,(H,20,22). The summed E-state index contributed by atoms with van der Waals surface area (Å²) >= 11 is 0. The molecule has 5 heteroatoms. The topological polar surface area (TPSA) is 58.1 Å². The van der Waals surface area contributed by atoms with Gasteiger partial charge in [-0.15, -0.1) is 0 Å². The van der Waals surface area contributed by atoms with Crippen LogP contribution in [-0.2, 0) is 4.79 Å². The van der Waals surface area contributed by atoms with Crippen molar-refractivity contribution in [3.63, 3.8) is 0 Å². The maximum Gasteiger partial charge on any atom is 0.225 e. The summed E-state index contributed by atoms with van der Waals surface area (Å²) in [5, 5.41) is 3.28. The molecule has 1 N–H and O–H groups in total. The van der Waals surface area contributed by atoms with Gasteiger partial charge in [0.1, 0.15) is 0 Å². The molecule has 1 amide bonds. The molecule has 1 aromatic heterocycles. The van der Waals surface area contributed by atoms with E-state index in [1.165, 1.54) is 19.3 Å². The van der Waals surface area contributed by atoms with Crippen molar-refractivity contribution in [2.75, 3.05) is 18.0 Å². The highest BCUT2D eigenvalue weighted by molar-refractivity contribution is 5.76. The predicted octanol–water partition coefficient (Wildman–Crippen LogP) is 2.39. The van der Waals surface area contributed by atoms with E-state index in [9.17, 15) is 4.79 Å². The minimum atomic E-state index is 0.228. The highest BCUT2D eigenvalue weighted by Crippen LogP contribution is 2.30. The number of nitrogens with zero attached hydrogens (tertiary/aromatic N) is 3. The van der Waals surface area contributed by atoms with Crippen molar-refractivity contribution in [1.29, 1.82) is 0 Å². The van der Waals surface area contributed by atoms with Crippen molar-refractivity contribution in [1.82, 2.24) is 15.3 Å². The number of hydrogen-bond donors (Lipinski definition) is 1. The van der Waals surface area contributed by atoms with Crippen LogP contribution in [0.3, 0.4) is 0 Å². The Morgan fingerprint density at radius 3 is 2.73 bits per heavy atom. The van der Waals surface area contributed by atoms with Gasteiger partial charge in [-0.1, -0.05) is 19.8 Å². The molecule has 1 aliphatic heterocycles. The summed E-state index contributed by atoms with van der Waals surface area (Å²) in [6.07, 6.45) is 10.3. The summed E-state index contributed by atoms with van der Waals surface area (Å²) in [6.45, 7) is 3.96. The van der Waals surface area contributed by atoms with Crippen molar-refractivity contribution < 1.29 is 4.79 Å². The minimum absolute atomic E-state index is 0.228. The molecule has 5 nitrogen and oxygen atoms in total. The smallest absolute Gasteiger partial charge is 0.225 e. The van der Waals surface area contributed by atoms with Crippen molar-refractivity contribution >= 4 is 11.9 Å². The first-order valence-electron chi connectivity index (χ1n) is 8.57. The van der Waals surface area contributed by atoms with Crippen LogP contribution < -0.4 is 10.2 Å². The average molecular weight is 302 g/mol. The summed E-state index contributed by atoms with van der Waals surface area (Å²) in [7, 11) is 0. The molecule has 120 valence electrons. The van der Waals surface area contributed by atoms with Crippen LogP contribution in [0.25, 0.3) is 0 Å². The van der Waals surface area contributed by atoms with Crippen LogP contribution in [0.5, 0.6) is 0 Å². The zero-order chi connectivity index (χ0) is 15.4. The molecule has 1 aliphatic carbocycles. The lowest BCUT2D eigenvalue weighted by Crippen LogP contribution is -2.41. The quantitative estimate of drug-likeness (QED) is 0.876. The number of nitrogens with one attached hydrogen (secondary N) is 1. The molecule has 0 spiro atoms. The van der Waals surface area contributed by atoms with Crippen molar-refractivity contribution in [2.45, 2.75) is 51.5 Å². The second-order valence-electron chi connectivity index (χ2n) is 6.68. The van der Waals surface area contributed by atoms with Gasteiger partial charge in [-0.25, -0.2) is 9.97 Å². The maximum absolute atomic E-state index is 12.2. The average Bonchev–Trinajstić information content (AvgIpc) is 2.87. The van der Waals surface area contributed by atoms with Crippen molar-refractivity contribution in [2.24, 2.45) is 11.8 Å². The highest BCUT2D eigenvalue weighted by atomic mass is 16.1. The molecule has 2 aliphatic rings. The molecule has 0 bridgehead atoms. The third kappa shape index (κ3) is 3.57. The Kier molecular flexibility index (Phi) is 4.90. The van der Waals surface area contributed by atoms with Gasteiger partial charge < -0.3 is 10.2 Å². The fourth-order valence-corrected chi connectivity index (χ4v) is 3.54. The van der Waals surface area contributed by atoms with Crippen LogP contribution in [0.2, 0.25) is 0 Å². The number of carbonyl (C=O) groups excluding carboxylic acids is 1. The van der Waals surface area contributed by atoms with Gasteiger partial charge in [-0.05, 0) is 37.2 Å². The van der Waals surface area contributed by atoms with E-state index >= 15 is 0 Å². The van der Waals surface area contributed by atoms with Crippen LogP contribution in [0.4, 0.5) is 5.95 Å². The summed E-state index contributed by atoms with van der Waals surface area (Å²) in [5.41, 5.74) is 0. The zero-order valence-electron chi connectivity index (χ0n) is 13.4. The normalized spacial score (nSPS) is 25.0. The molecule has 1 saturated carbocycles. The first-order valence-corrected chi connectivity index (χ1v) is 8.57. The molecular weight excluding hydrogens is 276 g/mol. The Morgan fingerprint density at radius 2 is 2.09 bits per heavy atom. The number of carbonyl (C=O) groups is 1. The van der Waals surface area contributed by atoms with Crippen LogP contribution in [0, 0.1) is 11.8 Å². The molecule has 2 unspecified atom stereocenters. The molecule has 2 heterocycles. The maximum atomic E-state index is 12.2. The van der Waals surface area contributed by atoms with E-state index in [1.54, 1.807) is 12.4 Å². The number of hydrogen-bond acceptors (Lipinski definition) is 4. The third-order valence-electron chi connectivity index (χ3n) is 4.98. The molecule has 2 atom stereocenters. The Hall–Kier alpha value is -1.65. The lowest BCUT2D eigenvalue weighted by Gasteiger charge is -2.26. The van der Waals surface area contributed by atoms with Gasteiger partial charge in [0.05, 0.1) is 6.04 Å². The van der Waals surface area contributed by atoms with E-state index in [4.69, 9.17) is 0 Å². The third-order valence-corrected chi connectivity index (χ3v) is 4.98. The fourth-order valence-electron chi connectivity index (χ4n) is 3.54. The number of anilines is 1. The summed E-state index contributed by atoms with van der Waals surface area (Å²) in [4.78, 5) is 23.1. The van der Waals surface area contributed by atoms with Crippen LogP contribution in [0.15, 0.2) is 18.5 Å². The number of rotatable bonds is 6. The Labute approximate surface area is 132 Å². The SMILES string of the molecule is CCCC1CN(c2ncccn2)CC1NC(=O)CC1CCC1. The van der Waals surface area contributed by atoms with Gasteiger partial charge >= 0.3 is 0 Å². The zero-order valence-corrected chi connectivity index (χ0v) is 13.4. The van der Waals surface area contributed by atoms with E-state index in [1.807, 2.05) is 6.07 Å². The summed E-state index contributed by atoms with van der Waals surface area (Å²) < 4.78 is 0. The molecular formula is C17H26N4O. The van der Waals surface area contributed by atoms with Gasteiger partial charge in [-0.2, -0.15) is 0 Å². The van der Waals surface area contributed by atoms with E-state index in [-0.39, 0.29) is 11.9 Å². The van der Waals surface area contributed by atoms with E-state index in [0.717, 1.165) is 31.9 Å². The lowest BCUT2D eigenvalue weighted by molar-refractivity contribution is -0.123. The van der Waals surface area contributed by atoms with E-state index in [2.05, 4.69) is 27.1 Å². The van der Waals surface area contributed by atoms with E-state index in [0.29, 0.717) is 18.3 Å². The van der Waals surface area contributed by atoms with Gasteiger partial charge in [0.2, 0.25) is 11.9 Å². The molecule has 22 heavy (non-hydrogen) atoms. The van der Waals surface area contributed by atoms with Crippen LogP contribution >= 0.6 is 0 Å². The molecule has 3 rings (SSSR count). The van der Waals surface area contributed by atoms with Crippen LogP contribution in [0.1, 0.15) is 45.4 Å². The van der Waals surface area contributed by atoms with Crippen LogP contribution in [-0.4, -0.2) is 35.0 Å². The summed E-state index contributed by atoms with van der Waals surface area (Å²) in [6, 6.07) is 2.07. The predicted molar refractivity (Wildman–Crippen MR) is 86.5 cm³/mol. The fraction of sp³-hybridized carbons (Fsp3) is 0.706. The van der Waals surface area contributed by atoms with E-state index < -0.39 is 0 Å². The summed E-state index contributed by atoms with van der Waals surface area (Å²) in [5.74, 6) is 2.13. The second kappa shape index (κ2) is 7.07. The van der Waals surface area contributed by atoms with Gasteiger partial charge in [0.25, 0.3) is 0 Å². The lowest BCUT2D eigenvalue weighted by atomic mass is 9.82. The first kappa shape index (κ1) is 15.3. The Balaban J connectivity index is 1.59. The minimum Gasteiger partial charge on any atom is -0.351 e. The largest absolute Gasteiger partial charge is 0.351 e. The molecule has 2 fully saturated rings. The number of aromatic nitrogens is 2. The molecule has 1 saturated heterocycles. The Morgan fingerprint density at radius 1 is 1.32 bits per heavy atom. The van der Waals surface area contributed by atoms with Crippen molar-refractivity contribution in [3.8, 4) is 0 Å². The first-order chi connectivity index (χ1) is 10.8. The molecule has 0 aromatic carbocycles. The second-order valence-corrected chi connectivity index (χ2v) is 6.68. The molecule has 0 radical (unpaired) electrons. The van der Waals surface area contributed by atoms with Gasteiger partial charge in [0, 0.05) is 31.9 Å². The number of amides is 1. The highest BCUT2D eigenvalue weighted by Gasteiger charge is 2.34. The monoisotopic (exact) mass is 302 g/mol.